The monoisotopic (exact) mass is 289 g/mol. The van der Waals surface area contributed by atoms with E-state index in [2.05, 4.69) is 13.0 Å². The molecular formula is C16H19NO2S. The number of carbonyl (C=O) groups excluding carboxylic acids is 1. The molecule has 2 aromatic rings. The van der Waals surface area contributed by atoms with Gasteiger partial charge in [-0.2, -0.15) is 0 Å². The molecule has 3 rings (SSSR count). The van der Waals surface area contributed by atoms with Gasteiger partial charge in [-0.1, -0.05) is 31.5 Å². The first kappa shape index (κ1) is 13.6. The van der Waals surface area contributed by atoms with Gasteiger partial charge in [0.1, 0.15) is 0 Å². The molecule has 1 fully saturated rings. The van der Waals surface area contributed by atoms with E-state index in [-0.39, 0.29) is 5.91 Å². The highest BCUT2D eigenvalue weighted by molar-refractivity contribution is 7.21. The Morgan fingerprint density at radius 2 is 2.10 bits per heavy atom. The molecule has 1 aromatic carbocycles. The van der Waals surface area contributed by atoms with Crippen molar-refractivity contribution in [2.24, 2.45) is 0 Å². The predicted molar refractivity (Wildman–Crippen MR) is 82.3 cm³/mol. The summed E-state index contributed by atoms with van der Waals surface area (Å²) < 4.78 is 1.15. The minimum atomic E-state index is -0.658. The molecule has 1 saturated heterocycles. The summed E-state index contributed by atoms with van der Waals surface area (Å²) in [6, 6.07) is 8.10. The fourth-order valence-corrected chi connectivity index (χ4v) is 4.13. The van der Waals surface area contributed by atoms with Crippen LogP contribution in [0.25, 0.3) is 10.1 Å². The van der Waals surface area contributed by atoms with Crippen LogP contribution in [0.5, 0.6) is 0 Å². The topological polar surface area (TPSA) is 40.5 Å². The van der Waals surface area contributed by atoms with Gasteiger partial charge in [-0.25, -0.2) is 0 Å². The Labute approximate surface area is 122 Å². The van der Waals surface area contributed by atoms with Gasteiger partial charge in [-0.3, -0.25) is 4.79 Å². The van der Waals surface area contributed by atoms with Crippen molar-refractivity contribution < 1.29 is 9.90 Å². The molecule has 0 atom stereocenters. The van der Waals surface area contributed by atoms with E-state index in [1.54, 1.807) is 16.2 Å². The van der Waals surface area contributed by atoms with Crippen LogP contribution in [0.2, 0.25) is 0 Å². The second-order valence-corrected chi connectivity index (χ2v) is 6.74. The van der Waals surface area contributed by atoms with Gasteiger partial charge < -0.3 is 10.0 Å². The van der Waals surface area contributed by atoms with Crippen molar-refractivity contribution >= 4 is 27.3 Å². The first-order valence-corrected chi connectivity index (χ1v) is 7.85. The maximum Gasteiger partial charge on any atom is 0.264 e. The number of hydrogen-bond acceptors (Lipinski definition) is 3. The zero-order valence-electron chi connectivity index (χ0n) is 11.8. The van der Waals surface area contributed by atoms with Crippen molar-refractivity contribution in [1.29, 1.82) is 0 Å². The van der Waals surface area contributed by atoms with Gasteiger partial charge in [0.15, 0.2) is 0 Å². The van der Waals surface area contributed by atoms with Crippen LogP contribution in [-0.2, 0) is 0 Å². The molecule has 3 nitrogen and oxygen atoms in total. The van der Waals surface area contributed by atoms with Crippen LogP contribution in [0.1, 0.15) is 35.0 Å². The molecule has 0 unspecified atom stereocenters. The van der Waals surface area contributed by atoms with E-state index < -0.39 is 5.60 Å². The van der Waals surface area contributed by atoms with E-state index in [1.165, 1.54) is 0 Å². The fraction of sp³-hybridized carbons (Fsp3) is 0.438. The summed E-state index contributed by atoms with van der Waals surface area (Å²) in [5.74, 6) is 0.0597. The normalized spacial score (nSPS) is 17.2. The summed E-state index contributed by atoms with van der Waals surface area (Å²) in [5, 5.41) is 11.4. The Kier molecular flexibility index (Phi) is 3.30. The average molecular weight is 289 g/mol. The smallest absolute Gasteiger partial charge is 0.264 e. The lowest BCUT2D eigenvalue weighted by Gasteiger charge is -2.46. The largest absolute Gasteiger partial charge is 0.386 e. The van der Waals surface area contributed by atoms with Gasteiger partial charge in [0.05, 0.1) is 23.6 Å². The number of aliphatic hydroxyl groups is 1. The van der Waals surface area contributed by atoms with E-state index in [1.807, 2.05) is 25.1 Å². The number of rotatable bonds is 3. The number of hydrogen-bond donors (Lipinski definition) is 1. The van der Waals surface area contributed by atoms with Crippen molar-refractivity contribution in [2.45, 2.75) is 32.3 Å². The summed E-state index contributed by atoms with van der Waals surface area (Å²) in [4.78, 5) is 15.1. The standard InChI is InChI=1S/C16H19NO2S/c1-3-8-16(19)9-17(10-16)15(18)14-11(2)12-6-4-5-7-13(12)20-14/h4-7,19H,3,8-10H2,1-2H3. The Morgan fingerprint density at radius 3 is 2.75 bits per heavy atom. The minimum Gasteiger partial charge on any atom is -0.386 e. The maximum atomic E-state index is 12.5. The number of fused-ring (bicyclic) bond motifs is 1. The fourth-order valence-electron chi connectivity index (χ4n) is 2.95. The predicted octanol–water partition coefficient (Wildman–Crippen LogP) is 3.20. The van der Waals surface area contributed by atoms with Crippen LogP contribution in [0.3, 0.4) is 0 Å². The maximum absolute atomic E-state index is 12.5. The average Bonchev–Trinajstić information content (AvgIpc) is 2.73. The zero-order valence-corrected chi connectivity index (χ0v) is 12.7. The lowest BCUT2D eigenvalue weighted by Crippen LogP contribution is -2.63. The number of likely N-dealkylation sites (tertiary alicyclic amines) is 1. The summed E-state index contributed by atoms with van der Waals surface area (Å²) in [6.45, 7) is 4.99. The van der Waals surface area contributed by atoms with Crippen molar-refractivity contribution in [1.82, 2.24) is 4.90 Å². The Morgan fingerprint density at radius 1 is 1.40 bits per heavy atom. The third-order valence-corrected chi connectivity index (χ3v) is 5.27. The highest BCUT2D eigenvalue weighted by Gasteiger charge is 2.43. The molecule has 2 heterocycles. The number of amides is 1. The minimum absolute atomic E-state index is 0.0597. The summed E-state index contributed by atoms with van der Waals surface area (Å²) in [5.41, 5.74) is 0.399. The van der Waals surface area contributed by atoms with Crippen molar-refractivity contribution in [3.05, 3.63) is 34.7 Å². The summed E-state index contributed by atoms with van der Waals surface area (Å²) in [6.07, 6.45) is 1.71. The molecule has 0 bridgehead atoms. The van der Waals surface area contributed by atoms with Crippen LogP contribution < -0.4 is 0 Å². The molecule has 20 heavy (non-hydrogen) atoms. The summed E-state index contributed by atoms with van der Waals surface area (Å²) >= 11 is 1.55. The van der Waals surface area contributed by atoms with Gasteiger partial charge in [-0.15, -0.1) is 11.3 Å². The third-order valence-electron chi connectivity index (χ3n) is 4.01. The first-order valence-electron chi connectivity index (χ1n) is 7.04. The second kappa shape index (κ2) is 4.86. The van der Waals surface area contributed by atoms with Crippen molar-refractivity contribution in [2.75, 3.05) is 13.1 Å². The first-order chi connectivity index (χ1) is 9.54. The lowest BCUT2D eigenvalue weighted by molar-refractivity contribution is -0.0858. The van der Waals surface area contributed by atoms with E-state index in [0.29, 0.717) is 13.1 Å². The second-order valence-electron chi connectivity index (χ2n) is 5.69. The molecule has 1 aliphatic heterocycles. The zero-order chi connectivity index (χ0) is 14.3. The van der Waals surface area contributed by atoms with E-state index in [0.717, 1.165) is 33.4 Å². The molecule has 1 aliphatic rings. The van der Waals surface area contributed by atoms with Gasteiger partial charge >= 0.3 is 0 Å². The van der Waals surface area contributed by atoms with Crippen LogP contribution in [-0.4, -0.2) is 34.6 Å². The molecule has 0 radical (unpaired) electrons. The number of benzene rings is 1. The van der Waals surface area contributed by atoms with Crippen LogP contribution >= 0.6 is 11.3 Å². The number of aryl methyl sites for hydroxylation is 1. The number of nitrogens with zero attached hydrogens (tertiary/aromatic N) is 1. The van der Waals surface area contributed by atoms with Crippen LogP contribution in [0.15, 0.2) is 24.3 Å². The van der Waals surface area contributed by atoms with E-state index in [9.17, 15) is 9.90 Å². The molecule has 0 aliphatic carbocycles. The third kappa shape index (κ3) is 2.13. The van der Waals surface area contributed by atoms with Crippen LogP contribution in [0, 0.1) is 6.92 Å². The van der Waals surface area contributed by atoms with Crippen molar-refractivity contribution in [3.8, 4) is 0 Å². The number of carbonyl (C=O) groups is 1. The molecule has 4 heteroatoms. The SMILES string of the molecule is CCCC1(O)CN(C(=O)c2sc3ccccc3c2C)C1. The molecule has 0 spiro atoms. The molecule has 106 valence electrons. The Hall–Kier alpha value is -1.39. The highest BCUT2D eigenvalue weighted by atomic mass is 32.1. The Balaban J connectivity index is 1.82. The Bertz CT molecular complexity index is 656. The highest BCUT2D eigenvalue weighted by Crippen LogP contribution is 2.34. The molecule has 1 amide bonds. The van der Waals surface area contributed by atoms with Gasteiger partial charge in [0.2, 0.25) is 0 Å². The quantitative estimate of drug-likeness (QED) is 0.942. The van der Waals surface area contributed by atoms with E-state index in [4.69, 9.17) is 0 Å². The van der Waals surface area contributed by atoms with Gasteiger partial charge in [0.25, 0.3) is 5.91 Å². The molecule has 1 N–H and O–H groups in total. The number of β-amino-alcohol motifs (C(OH)–C–C–N with tert-alkyl or cyclic N) is 1. The molecule has 0 saturated carbocycles. The molecule has 1 aromatic heterocycles. The van der Waals surface area contributed by atoms with Gasteiger partial charge in [0, 0.05) is 4.70 Å². The van der Waals surface area contributed by atoms with Gasteiger partial charge in [-0.05, 0) is 30.4 Å². The summed E-state index contributed by atoms with van der Waals surface area (Å²) in [7, 11) is 0. The van der Waals surface area contributed by atoms with Crippen molar-refractivity contribution in [3.63, 3.8) is 0 Å². The lowest BCUT2D eigenvalue weighted by atomic mass is 9.89. The molecular weight excluding hydrogens is 270 g/mol. The number of thiophene rings is 1. The van der Waals surface area contributed by atoms with E-state index >= 15 is 0 Å². The van der Waals surface area contributed by atoms with Crippen LogP contribution in [0.4, 0.5) is 0 Å².